The van der Waals surface area contributed by atoms with E-state index in [0.29, 0.717) is 19.8 Å². The van der Waals surface area contributed by atoms with Crippen molar-refractivity contribution in [2.45, 2.75) is 20.8 Å². The van der Waals surface area contributed by atoms with Crippen molar-refractivity contribution in [3.8, 4) is 0 Å². The first-order chi connectivity index (χ1) is 5.18. The summed E-state index contributed by atoms with van der Waals surface area (Å²) >= 11 is 0. The number of hydrogen-bond acceptors (Lipinski definition) is 4. The third-order valence-corrected chi connectivity index (χ3v) is 2.58. The van der Waals surface area contributed by atoms with Crippen LogP contribution in [0, 0.1) is 0 Å². The van der Waals surface area contributed by atoms with Crippen molar-refractivity contribution in [1.29, 1.82) is 0 Å². The van der Waals surface area contributed by atoms with Crippen LogP contribution >= 0.6 is 7.82 Å². The first-order valence-electron chi connectivity index (χ1n) is 3.72. The summed E-state index contributed by atoms with van der Waals surface area (Å²) in [6.45, 7) is 6.21. The van der Waals surface area contributed by atoms with Gasteiger partial charge in [0.1, 0.15) is 0 Å². The van der Waals surface area contributed by atoms with Crippen LogP contribution in [-0.4, -0.2) is 47.1 Å². The van der Waals surface area contributed by atoms with Gasteiger partial charge in [0, 0.05) is 0 Å². The standard InChI is InChI=1S/C6H15O4P.Pb.2H/c1-4-8-11(7,9-5-2)10-6-3;;;/h4-6H2,1-3H3;;;. The molecule has 0 unspecified atom stereocenters. The fraction of sp³-hybridized carbons (Fsp3) is 1.00. The van der Waals surface area contributed by atoms with Crippen molar-refractivity contribution in [2.24, 2.45) is 0 Å². The van der Waals surface area contributed by atoms with Gasteiger partial charge in [-0.3, -0.25) is 13.6 Å². The van der Waals surface area contributed by atoms with Crippen molar-refractivity contribution in [3.63, 3.8) is 0 Å². The van der Waals surface area contributed by atoms with E-state index in [4.69, 9.17) is 13.6 Å². The number of phosphoric acid groups is 1. The van der Waals surface area contributed by atoms with Crippen molar-refractivity contribution in [2.75, 3.05) is 19.8 Å². The van der Waals surface area contributed by atoms with Crippen LogP contribution in [0.5, 0.6) is 0 Å². The Kier molecular flexibility index (Phi) is 11.1. The summed E-state index contributed by atoms with van der Waals surface area (Å²) in [4.78, 5) is 0. The second-order valence-corrected chi connectivity index (χ2v) is 3.37. The Hall–Kier alpha value is 1.03. The minimum absolute atomic E-state index is 0. The van der Waals surface area contributed by atoms with Crippen LogP contribution in [-0.2, 0) is 18.1 Å². The molecule has 0 aliphatic heterocycles. The minimum atomic E-state index is -3.22. The summed E-state index contributed by atoms with van der Waals surface area (Å²) in [6, 6.07) is 0. The third kappa shape index (κ3) is 6.54. The zero-order valence-electron chi connectivity index (χ0n) is 7.91. The third-order valence-electron chi connectivity index (χ3n) is 0.862. The number of phosphoric ester groups is 1. The van der Waals surface area contributed by atoms with E-state index in [2.05, 4.69) is 0 Å². The Morgan fingerprint density at radius 3 is 1.33 bits per heavy atom. The molecule has 12 heavy (non-hydrogen) atoms. The van der Waals surface area contributed by atoms with Crippen LogP contribution in [0.25, 0.3) is 0 Å². The molecule has 6 heteroatoms. The first kappa shape index (κ1) is 15.5. The van der Waals surface area contributed by atoms with Gasteiger partial charge in [-0.05, 0) is 20.8 Å². The van der Waals surface area contributed by atoms with Crippen LogP contribution in [0.1, 0.15) is 20.8 Å². The molecule has 0 aromatic carbocycles. The first-order valence-corrected chi connectivity index (χ1v) is 5.18. The Morgan fingerprint density at radius 2 is 1.17 bits per heavy atom. The van der Waals surface area contributed by atoms with Crippen LogP contribution in [0.2, 0.25) is 0 Å². The maximum atomic E-state index is 11.3. The molecule has 0 aliphatic rings. The molecule has 0 atom stereocenters. The van der Waals surface area contributed by atoms with Gasteiger partial charge in [0.25, 0.3) is 0 Å². The predicted octanol–water partition coefficient (Wildman–Crippen LogP) is 1.29. The number of hydrogen-bond donors (Lipinski definition) is 0. The maximum absolute atomic E-state index is 11.3. The van der Waals surface area contributed by atoms with Crippen molar-refractivity contribution in [1.82, 2.24) is 0 Å². The molecule has 0 spiro atoms. The van der Waals surface area contributed by atoms with Crippen molar-refractivity contribution >= 4 is 35.1 Å². The van der Waals surface area contributed by atoms with Gasteiger partial charge in [-0.15, -0.1) is 0 Å². The molecule has 4 nitrogen and oxygen atoms in total. The quantitative estimate of drug-likeness (QED) is 0.506. The molecule has 0 rings (SSSR count). The zero-order chi connectivity index (χ0) is 8.74. The Bertz CT molecular complexity index is 118. The van der Waals surface area contributed by atoms with E-state index >= 15 is 0 Å². The van der Waals surface area contributed by atoms with E-state index in [9.17, 15) is 4.57 Å². The Balaban J connectivity index is 0. The molecule has 0 saturated carbocycles. The monoisotopic (exact) mass is 392 g/mol. The molecule has 0 amide bonds. The van der Waals surface area contributed by atoms with E-state index in [1.165, 1.54) is 0 Å². The van der Waals surface area contributed by atoms with Crippen LogP contribution in [0.3, 0.4) is 0 Å². The molecule has 0 bridgehead atoms. The average Bonchev–Trinajstić information content (AvgIpc) is 1.88. The van der Waals surface area contributed by atoms with E-state index in [1.807, 2.05) is 0 Å². The van der Waals surface area contributed by atoms with Gasteiger partial charge in [0.15, 0.2) is 0 Å². The fourth-order valence-electron chi connectivity index (χ4n) is 0.586. The normalized spacial score (nSPS) is 10.9. The van der Waals surface area contributed by atoms with E-state index in [0.717, 1.165) is 0 Å². The van der Waals surface area contributed by atoms with E-state index in [-0.39, 0.29) is 27.3 Å². The summed E-state index contributed by atoms with van der Waals surface area (Å²) in [7, 11) is -3.22. The van der Waals surface area contributed by atoms with E-state index < -0.39 is 7.82 Å². The molecule has 0 saturated heterocycles. The summed E-state index contributed by atoms with van der Waals surface area (Å²) < 4.78 is 25.8. The van der Waals surface area contributed by atoms with Crippen molar-refractivity contribution in [3.05, 3.63) is 0 Å². The molecule has 2 radical (unpaired) electrons. The van der Waals surface area contributed by atoms with Gasteiger partial charge in [-0.1, -0.05) is 0 Å². The molecule has 0 aromatic heterocycles. The Labute approximate surface area is 93.7 Å². The van der Waals surface area contributed by atoms with Gasteiger partial charge < -0.3 is 0 Å². The predicted molar refractivity (Wildman–Crippen MR) is 51.0 cm³/mol. The second kappa shape index (κ2) is 8.62. The van der Waals surface area contributed by atoms with Gasteiger partial charge >= 0.3 is 35.1 Å². The molecule has 74 valence electrons. The van der Waals surface area contributed by atoms with Gasteiger partial charge in [0.05, 0.1) is 19.8 Å². The molecule has 0 aliphatic carbocycles. The van der Waals surface area contributed by atoms with Gasteiger partial charge in [-0.2, -0.15) is 0 Å². The summed E-state index contributed by atoms with van der Waals surface area (Å²) in [6.07, 6.45) is 0. The summed E-state index contributed by atoms with van der Waals surface area (Å²) in [5.74, 6) is 0. The molecule has 0 fully saturated rings. The number of rotatable bonds is 6. The molecule has 0 aromatic rings. The van der Waals surface area contributed by atoms with Crippen molar-refractivity contribution < 1.29 is 18.1 Å². The van der Waals surface area contributed by atoms with Gasteiger partial charge in [-0.25, -0.2) is 4.57 Å². The average molecular weight is 391 g/mol. The summed E-state index contributed by atoms with van der Waals surface area (Å²) in [5, 5.41) is 0. The van der Waals surface area contributed by atoms with Crippen LogP contribution in [0.15, 0.2) is 0 Å². The van der Waals surface area contributed by atoms with Gasteiger partial charge in [0.2, 0.25) is 0 Å². The molecule has 0 heterocycles. The molecular formula is C6H17O4PPb. The van der Waals surface area contributed by atoms with Crippen LogP contribution in [0.4, 0.5) is 0 Å². The molecular weight excluding hydrogens is 374 g/mol. The second-order valence-electron chi connectivity index (χ2n) is 1.70. The topological polar surface area (TPSA) is 44.8 Å². The zero-order valence-corrected chi connectivity index (χ0v) is 14.3. The summed E-state index contributed by atoms with van der Waals surface area (Å²) in [5.41, 5.74) is 0. The fourth-order valence-corrected chi connectivity index (χ4v) is 1.76. The Morgan fingerprint density at radius 1 is 0.917 bits per heavy atom. The van der Waals surface area contributed by atoms with E-state index in [1.54, 1.807) is 20.8 Å². The van der Waals surface area contributed by atoms with Crippen LogP contribution < -0.4 is 0 Å². The SMILES string of the molecule is CCOP(=O)(OCC)OCC.[PbH2]. The molecule has 0 N–H and O–H groups in total.